The van der Waals surface area contributed by atoms with Crippen LogP contribution in [0.25, 0.3) is 11.1 Å². The van der Waals surface area contributed by atoms with E-state index in [0.717, 1.165) is 11.1 Å². The zero-order chi connectivity index (χ0) is 17.2. The summed E-state index contributed by atoms with van der Waals surface area (Å²) in [7, 11) is -6.56. The van der Waals surface area contributed by atoms with Crippen LogP contribution < -0.4 is 10.4 Å². The molecule has 0 amide bonds. The minimum atomic E-state index is -3.37. The van der Waals surface area contributed by atoms with Gasteiger partial charge in [0, 0.05) is 11.1 Å². The molecule has 2 nitrogen and oxygen atoms in total. The molecule has 1 aliphatic rings. The summed E-state index contributed by atoms with van der Waals surface area (Å²) in [5.41, 5.74) is 1.77. The maximum atomic E-state index is 12.9. The lowest BCUT2D eigenvalue weighted by Gasteiger charge is -2.29. The number of hydrogen-bond donors (Lipinski definition) is 0. The number of fused-ring (bicyclic) bond motifs is 3. The fourth-order valence-corrected chi connectivity index (χ4v) is 10.3. The second-order valence-electron chi connectivity index (χ2n) is 8.39. The fraction of sp³-hybridized carbons (Fsp3) is 0.333. The summed E-state index contributed by atoms with van der Waals surface area (Å²) in [6.45, 7) is 13.9. The Morgan fingerprint density at radius 2 is 1.22 bits per heavy atom. The van der Waals surface area contributed by atoms with Gasteiger partial charge in [0.25, 0.3) is 0 Å². The van der Waals surface area contributed by atoms with E-state index in [2.05, 4.69) is 45.3 Å². The molecule has 0 bridgehead atoms. The van der Waals surface area contributed by atoms with Gasteiger partial charge >= 0.3 is 0 Å². The van der Waals surface area contributed by atoms with Gasteiger partial charge in [-0.05, 0) is 12.1 Å². The highest BCUT2D eigenvalue weighted by Gasteiger charge is 2.37. The van der Waals surface area contributed by atoms with Crippen LogP contribution in [0.1, 0.15) is 0 Å². The van der Waals surface area contributed by atoms with Crippen LogP contribution in [-0.4, -0.2) is 24.6 Å². The van der Waals surface area contributed by atoms with Crippen LogP contribution in [-0.2, 0) is 9.84 Å². The normalized spacial score (nSPS) is 16.1. The summed E-state index contributed by atoms with van der Waals surface area (Å²) in [6, 6.07) is 11.6. The van der Waals surface area contributed by atoms with Gasteiger partial charge in [0.15, 0.2) is 0 Å². The number of hydrogen-bond acceptors (Lipinski definition) is 2. The third-order valence-corrected chi connectivity index (χ3v) is 10.7. The van der Waals surface area contributed by atoms with Gasteiger partial charge in [0.1, 0.15) is 0 Å². The molecule has 1 heterocycles. The Morgan fingerprint density at radius 3 is 1.78 bits per heavy atom. The quantitative estimate of drug-likeness (QED) is 0.655. The Hall–Kier alpha value is -1.18. The fourth-order valence-electron chi connectivity index (χ4n) is 3.30. The van der Waals surface area contributed by atoms with Crippen LogP contribution in [0.3, 0.4) is 0 Å². The van der Waals surface area contributed by atoms with Crippen molar-refractivity contribution in [2.75, 3.05) is 0 Å². The molecule has 5 heteroatoms. The molecule has 0 aliphatic carbocycles. The first-order valence-corrected chi connectivity index (χ1v) is 16.5. The first-order chi connectivity index (χ1) is 10.4. The molecule has 0 aromatic heterocycles. The maximum Gasteiger partial charge on any atom is 0.207 e. The summed E-state index contributed by atoms with van der Waals surface area (Å²) in [4.78, 5) is 0.974. The molecular formula is C18H24O2SSi2. The minimum absolute atomic E-state index is 0.462. The predicted molar refractivity (Wildman–Crippen MR) is 103 cm³/mol. The maximum absolute atomic E-state index is 12.9. The van der Waals surface area contributed by atoms with E-state index in [1.807, 2.05) is 18.2 Å². The Labute approximate surface area is 141 Å². The molecule has 0 atom stereocenters. The Bertz CT molecular complexity index is 902. The van der Waals surface area contributed by atoms with E-state index < -0.39 is 26.0 Å². The molecule has 0 N–H and O–H groups in total. The van der Waals surface area contributed by atoms with Gasteiger partial charge in [-0.25, -0.2) is 8.42 Å². The van der Waals surface area contributed by atoms with E-state index in [0.29, 0.717) is 9.79 Å². The first-order valence-electron chi connectivity index (χ1n) is 7.97. The van der Waals surface area contributed by atoms with Crippen molar-refractivity contribution in [3.8, 4) is 11.1 Å². The second-order valence-corrected chi connectivity index (χ2v) is 20.4. The van der Waals surface area contributed by atoms with Crippen LogP contribution >= 0.6 is 0 Å². The van der Waals surface area contributed by atoms with Gasteiger partial charge in [-0.1, -0.05) is 73.9 Å². The molecular weight excluding hydrogens is 336 g/mol. The summed E-state index contributed by atoms with van der Waals surface area (Å²) >= 11 is 0. The number of rotatable bonds is 2. The van der Waals surface area contributed by atoms with Crippen LogP contribution in [0.15, 0.2) is 46.2 Å². The highest BCUT2D eigenvalue weighted by atomic mass is 32.2. The van der Waals surface area contributed by atoms with Gasteiger partial charge < -0.3 is 0 Å². The Balaban J connectivity index is 2.44. The topological polar surface area (TPSA) is 34.1 Å². The van der Waals surface area contributed by atoms with Gasteiger partial charge in [-0.15, -0.1) is 0 Å². The summed E-state index contributed by atoms with van der Waals surface area (Å²) < 4.78 is 25.9. The minimum Gasteiger partial charge on any atom is -0.218 e. The van der Waals surface area contributed by atoms with E-state index >= 15 is 0 Å². The van der Waals surface area contributed by atoms with Crippen molar-refractivity contribution in [2.45, 2.75) is 49.1 Å². The molecule has 122 valence electrons. The Kier molecular flexibility index (Phi) is 3.56. The summed E-state index contributed by atoms with van der Waals surface area (Å²) in [6.07, 6.45) is 0. The standard InChI is InChI=1S/C18H24O2SSi2/c1-22(2,3)17-11-14-13-9-7-8-10-15(13)21(19,20)16(14)12-18(17)23(4,5)6/h7-12H,1-6H3. The molecule has 0 radical (unpaired) electrons. The molecule has 0 fully saturated rings. The smallest absolute Gasteiger partial charge is 0.207 e. The highest BCUT2D eigenvalue weighted by molar-refractivity contribution is 7.92. The van der Waals surface area contributed by atoms with Crippen molar-refractivity contribution >= 4 is 36.4 Å². The average Bonchev–Trinajstić information content (AvgIpc) is 2.65. The molecule has 0 saturated heterocycles. The van der Waals surface area contributed by atoms with E-state index in [4.69, 9.17) is 0 Å². The van der Waals surface area contributed by atoms with E-state index in [1.165, 1.54) is 10.4 Å². The molecule has 23 heavy (non-hydrogen) atoms. The van der Waals surface area contributed by atoms with Crippen molar-refractivity contribution in [1.82, 2.24) is 0 Å². The van der Waals surface area contributed by atoms with Crippen molar-refractivity contribution in [2.24, 2.45) is 0 Å². The van der Waals surface area contributed by atoms with E-state index in [-0.39, 0.29) is 0 Å². The monoisotopic (exact) mass is 360 g/mol. The molecule has 2 aromatic rings. The molecule has 0 spiro atoms. The van der Waals surface area contributed by atoms with Crippen LogP contribution in [0.4, 0.5) is 0 Å². The second kappa shape index (κ2) is 4.91. The van der Waals surface area contributed by atoms with Crippen molar-refractivity contribution in [3.63, 3.8) is 0 Å². The predicted octanol–water partition coefficient (Wildman–Crippen LogP) is 3.59. The van der Waals surface area contributed by atoms with Gasteiger partial charge in [-0.3, -0.25) is 0 Å². The number of sulfone groups is 1. The molecule has 2 aromatic carbocycles. The number of benzene rings is 2. The van der Waals surface area contributed by atoms with Crippen LogP contribution in [0.2, 0.25) is 39.3 Å². The van der Waals surface area contributed by atoms with Crippen molar-refractivity contribution in [3.05, 3.63) is 36.4 Å². The third kappa shape index (κ3) is 2.55. The highest BCUT2D eigenvalue weighted by Crippen LogP contribution is 2.42. The average molecular weight is 361 g/mol. The van der Waals surface area contributed by atoms with Crippen molar-refractivity contribution in [1.29, 1.82) is 0 Å². The zero-order valence-corrected chi connectivity index (χ0v) is 17.5. The lowest BCUT2D eigenvalue weighted by molar-refractivity contribution is 0.599. The lowest BCUT2D eigenvalue weighted by Crippen LogP contribution is -2.56. The summed E-state index contributed by atoms with van der Waals surface area (Å²) in [5.74, 6) is 0. The first kappa shape index (κ1) is 16.7. The molecule has 0 unspecified atom stereocenters. The van der Waals surface area contributed by atoms with Crippen LogP contribution in [0, 0.1) is 0 Å². The third-order valence-electron chi connectivity index (χ3n) is 4.49. The van der Waals surface area contributed by atoms with E-state index in [1.54, 1.807) is 12.1 Å². The SMILES string of the molecule is C[Si](C)(C)c1cc2c(cc1[Si](C)(C)C)S(=O)(=O)c1ccccc1-2. The lowest BCUT2D eigenvalue weighted by atomic mass is 10.1. The molecule has 0 saturated carbocycles. The van der Waals surface area contributed by atoms with Gasteiger partial charge in [-0.2, -0.15) is 0 Å². The van der Waals surface area contributed by atoms with E-state index in [9.17, 15) is 8.42 Å². The van der Waals surface area contributed by atoms with Gasteiger partial charge in [0.05, 0.1) is 25.9 Å². The van der Waals surface area contributed by atoms with Crippen molar-refractivity contribution < 1.29 is 8.42 Å². The van der Waals surface area contributed by atoms with Gasteiger partial charge in [0.2, 0.25) is 9.84 Å². The summed E-state index contributed by atoms with van der Waals surface area (Å²) in [5, 5.41) is 2.73. The molecule has 1 aliphatic heterocycles. The Morgan fingerprint density at radius 1 is 0.696 bits per heavy atom. The zero-order valence-electron chi connectivity index (χ0n) is 14.7. The van der Waals surface area contributed by atoms with Crippen LogP contribution in [0.5, 0.6) is 0 Å². The molecule has 3 rings (SSSR count). The largest absolute Gasteiger partial charge is 0.218 e.